The van der Waals surface area contributed by atoms with Gasteiger partial charge < -0.3 is 24.6 Å². The van der Waals surface area contributed by atoms with Crippen LogP contribution < -0.4 is 19.7 Å². The first-order chi connectivity index (χ1) is 14.7. The molecule has 2 aromatic rings. The van der Waals surface area contributed by atoms with E-state index in [-0.39, 0.29) is 24.0 Å². The van der Waals surface area contributed by atoms with E-state index in [1.54, 1.807) is 7.11 Å². The number of guanidine groups is 1. The number of ether oxygens (including phenoxy) is 2. The first kappa shape index (κ1) is 25.1. The summed E-state index contributed by atoms with van der Waals surface area (Å²) >= 11 is 0. The van der Waals surface area contributed by atoms with Crippen LogP contribution in [0.3, 0.4) is 0 Å². The highest BCUT2D eigenvalue weighted by Crippen LogP contribution is 2.27. The van der Waals surface area contributed by atoms with Gasteiger partial charge in [0.25, 0.3) is 0 Å². The number of likely N-dealkylation sites (N-methyl/N-ethyl adjacent to an activating group) is 1. The number of nitrogens with zero attached hydrogens (tertiary/aromatic N) is 3. The summed E-state index contributed by atoms with van der Waals surface area (Å²) in [7, 11) is 3.78. The van der Waals surface area contributed by atoms with Crippen molar-refractivity contribution in [1.29, 1.82) is 0 Å². The Hall–Kier alpha value is -2.16. The molecular formula is C24H35IN4O2. The van der Waals surface area contributed by atoms with E-state index in [0.717, 1.165) is 56.6 Å². The van der Waals surface area contributed by atoms with Gasteiger partial charge in [0.2, 0.25) is 0 Å². The third-order valence-corrected chi connectivity index (χ3v) is 5.34. The van der Waals surface area contributed by atoms with Gasteiger partial charge in [0.15, 0.2) is 5.96 Å². The van der Waals surface area contributed by atoms with Crippen molar-refractivity contribution in [3.63, 3.8) is 0 Å². The third kappa shape index (κ3) is 7.79. The second-order valence-corrected chi connectivity index (χ2v) is 7.58. The van der Waals surface area contributed by atoms with Crippen molar-refractivity contribution in [3.05, 3.63) is 54.6 Å². The molecule has 6 nitrogen and oxygen atoms in total. The van der Waals surface area contributed by atoms with Crippen molar-refractivity contribution < 1.29 is 9.47 Å². The van der Waals surface area contributed by atoms with Gasteiger partial charge in [-0.2, -0.15) is 0 Å². The molecule has 170 valence electrons. The van der Waals surface area contributed by atoms with Crippen LogP contribution in [0.25, 0.3) is 0 Å². The summed E-state index contributed by atoms with van der Waals surface area (Å²) in [6.45, 7) is 7.26. The number of para-hydroxylation sites is 1. The normalized spacial score (nSPS) is 15.9. The average molecular weight is 538 g/mol. The van der Waals surface area contributed by atoms with E-state index in [1.165, 1.54) is 5.69 Å². The first-order valence-electron chi connectivity index (χ1n) is 10.8. The standard InChI is InChI=1S/C24H34N4O2.HI/c1-4-25-24(27(2)15-16-30-22-10-6-5-7-11-22)26-18-20-13-14-28(19-20)21-9-8-12-23(17-21)29-3;/h5-12,17,20H,4,13-16,18-19H2,1-3H3,(H,25,26);1H. The molecule has 1 unspecified atom stereocenters. The fourth-order valence-corrected chi connectivity index (χ4v) is 3.63. The quantitative estimate of drug-likeness (QED) is 0.296. The Morgan fingerprint density at radius 2 is 1.94 bits per heavy atom. The highest BCUT2D eigenvalue weighted by Gasteiger charge is 2.23. The minimum Gasteiger partial charge on any atom is -0.497 e. The Kier molecular flexibility index (Phi) is 10.8. The van der Waals surface area contributed by atoms with Gasteiger partial charge in [0.05, 0.1) is 13.7 Å². The van der Waals surface area contributed by atoms with E-state index in [0.29, 0.717) is 12.5 Å². The molecule has 0 radical (unpaired) electrons. The number of benzene rings is 2. The van der Waals surface area contributed by atoms with Gasteiger partial charge in [-0.1, -0.05) is 24.3 Å². The van der Waals surface area contributed by atoms with E-state index in [9.17, 15) is 0 Å². The lowest BCUT2D eigenvalue weighted by atomic mass is 10.1. The molecule has 0 bridgehead atoms. The second-order valence-electron chi connectivity index (χ2n) is 7.58. The van der Waals surface area contributed by atoms with Crippen molar-refractivity contribution >= 4 is 35.6 Å². The Balaban J connectivity index is 0.00000341. The lowest BCUT2D eigenvalue weighted by Gasteiger charge is -2.23. The van der Waals surface area contributed by atoms with Crippen LogP contribution >= 0.6 is 24.0 Å². The van der Waals surface area contributed by atoms with Crippen LogP contribution in [0.1, 0.15) is 13.3 Å². The van der Waals surface area contributed by atoms with E-state index in [4.69, 9.17) is 14.5 Å². The van der Waals surface area contributed by atoms with Gasteiger partial charge in [-0.15, -0.1) is 24.0 Å². The minimum absolute atomic E-state index is 0. The average Bonchev–Trinajstić information content (AvgIpc) is 3.26. The number of halogens is 1. The molecular weight excluding hydrogens is 503 g/mol. The van der Waals surface area contributed by atoms with E-state index in [1.807, 2.05) is 36.4 Å². The van der Waals surface area contributed by atoms with Crippen LogP contribution in [0.4, 0.5) is 5.69 Å². The highest BCUT2D eigenvalue weighted by atomic mass is 127. The van der Waals surface area contributed by atoms with Crippen molar-refractivity contribution in [2.24, 2.45) is 10.9 Å². The SMILES string of the molecule is CCNC(=NCC1CCN(c2cccc(OC)c2)C1)N(C)CCOc1ccccc1.I. The van der Waals surface area contributed by atoms with Crippen LogP contribution in [-0.2, 0) is 0 Å². The molecule has 1 aliphatic rings. The molecule has 0 saturated carbocycles. The maximum atomic E-state index is 5.82. The number of hydrogen-bond donors (Lipinski definition) is 1. The van der Waals surface area contributed by atoms with Crippen molar-refractivity contribution in [2.75, 3.05) is 58.4 Å². The molecule has 0 amide bonds. The number of anilines is 1. The summed E-state index contributed by atoms with van der Waals surface area (Å²) in [5.41, 5.74) is 1.22. The monoisotopic (exact) mass is 538 g/mol. The van der Waals surface area contributed by atoms with E-state index in [2.05, 4.69) is 47.3 Å². The van der Waals surface area contributed by atoms with E-state index < -0.39 is 0 Å². The number of rotatable bonds is 9. The fraction of sp³-hybridized carbons (Fsp3) is 0.458. The lowest BCUT2D eigenvalue weighted by molar-refractivity contribution is 0.281. The molecule has 1 N–H and O–H groups in total. The van der Waals surface area contributed by atoms with Gasteiger partial charge >= 0.3 is 0 Å². The molecule has 0 spiro atoms. The van der Waals surface area contributed by atoms with E-state index >= 15 is 0 Å². The van der Waals surface area contributed by atoms with Gasteiger partial charge in [0.1, 0.15) is 18.1 Å². The molecule has 1 heterocycles. The molecule has 1 saturated heterocycles. The maximum absolute atomic E-state index is 5.82. The number of methoxy groups -OCH3 is 1. The topological polar surface area (TPSA) is 49.3 Å². The zero-order valence-electron chi connectivity index (χ0n) is 18.8. The summed E-state index contributed by atoms with van der Waals surface area (Å²) in [5.74, 6) is 3.30. The van der Waals surface area contributed by atoms with Gasteiger partial charge in [-0.05, 0) is 43.5 Å². The Morgan fingerprint density at radius 1 is 1.16 bits per heavy atom. The van der Waals surface area contributed by atoms with Crippen molar-refractivity contribution in [1.82, 2.24) is 10.2 Å². The van der Waals surface area contributed by atoms with Crippen LogP contribution in [-0.4, -0.2) is 64.3 Å². The number of hydrogen-bond acceptors (Lipinski definition) is 4. The van der Waals surface area contributed by atoms with Gasteiger partial charge in [-0.3, -0.25) is 4.99 Å². The molecule has 2 aromatic carbocycles. The smallest absolute Gasteiger partial charge is 0.193 e. The molecule has 0 aromatic heterocycles. The largest absolute Gasteiger partial charge is 0.497 e. The molecule has 7 heteroatoms. The zero-order chi connectivity index (χ0) is 21.2. The Morgan fingerprint density at radius 3 is 2.68 bits per heavy atom. The van der Waals surface area contributed by atoms with Crippen molar-refractivity contribution in [3.8, 4) is 11.5 Å². The Labute approximate surface area is 203 Å². The summed E-state index contributed by atoms with van der Waals surface area (Å²) in [5, 5.41) is 3.40. The predicted octanol–water partition coefficient (Wildman–Crippen LogP) is 4.12. The van der Waals surface area contributed by atoms with Gasteiger partial charge in [0, 0.05) is 45.0 Å². The maximum Gasteiger partial charge on any atom is 0.193 e. The zero-order valence-corrected chi connectivity index (χ0v) is 21.1. The molecule has 31 heavy (non-hydrogen) atoms. The Bertz CT molecular complexity index is 803. The fourth-order valence-electron chi connectivity index (χ4n) is 3.63. The summed E-state index contributed by atoms with van der Waals surface area (Å²) in [6, 6.07) is 18.2. The predicted molar refractivity (Wildman–Crippen MR) is 139 cm³/mol. The lowest BCUT2D eigenvalue weighted by Crippen LogP contribution is -2.41. The molecule has 0 aliphatic carbocycles. The molecule has 3 rings (SSSR count). The summed E-state index contributed by atoms with van der Waals surface area (Å²) in [6.07, 6.45) is 1.15. The van der Waals surface area contributed by atoms with Gasteiger partial charge in [-0.25, -0.2) is 0 Å². The highest BCUT2D eigenvalue weighted by molar-refractivity contribution is 14.0. The molecule has 1 atom stereocenters. The number of aliphatic imine (C=N–C) groups is 1. The second kappa shape index (κ2) is 13.3. The van der Waals surface area contributed by atoms with Crippen LogP contribution in [0.15, 0.2) is 59.6 Å². The summed E-state index contributed by atoms with van der Waals surface area (Å²) < 4.78 is 11.2. The minimum atomic E-state index is 0. The van der Waals surface area contributed by atoms with Crippen LogP contribution in [0.2, 0.25) is 0 Å². The number of nitrogens with one attached hydrogen (secondary N) is 1. The first-order valence-corrected chi connectivity index (χ1v) is 10.8. The molecule has 1 fully saturated rings. The summed E-state index contributed by atoms with van der Waals surface area (Å²) in [4.78, 5) is 9.47. The van der Waals surface area contributed by atoms with Crippen LogP contribution in [0.5, 0.6) is 11.5 Å². The van der Waals surface area contributed by atoms with Crippen LogP contribution in [0, 0.1) is 5.92 Å². The third-order valence-electron chi connectivity index (χ3n) is 5.34. The molecule has 1 aliphatic heterocycles. The van der Waals surface area contributed by atoms with Crippen molar-refractivity contribution in [2.45, 2.75) is 13.3 Å².